The minimum absolute atomic E-state index is 0.225. The van der Waals surface area contributed by atoms with E-state index in [0.717, 1.165) is 11.1 Å². The molecule has 136 valence electrons. The molecule has 4 rings (SSSR count). The fourth-order valence-corrected chi connectivity index (χ4v) is 4.62. The number of hydrogen-bond donors (Lipinski definition) is 1. The standard InChI is InChI=1S/C21H19N3O2S/c1-15-10-12-17(13-11-15)27(25,26)24-20-9-5-4-8-19(20)23-21(24)18-7-3-2-6-16(18)14-22/h2-13H,14,22H2,1H3. The van der Waals surface area contributed by atoms with E-state index in [2.05, 4.69) is 4.98 Å². The summed E-state index contributed by atoms with van der Waals surface area (Å²) in [6.45, 7) is 2.22. The number of nitrogens with two attached hydrogens (primary N) is 1. The number of fused-ring (bicyclic) bond motifs is 1. The summed E-state index contributed by atoms with van der Waals surface area (Å²) in [5, 5.41) is 0. The van der Waals surface area contributed by atoms with E-state index >= 15 is 0 Å². The number of hydrogen-bond acceptors (Lipinski definition) is 4. The van der Waals surface area contributed by atoms with Crippen LogP contribution in [0.5, 0.6) is 0 Å². The third kappa shape index (κ3) is 2.93. The Balaban J connectivity index is 2.06. The summed E-state index contributed by atoms with van der Waals surface area (Å²) in [4.78, 5) is 4.85. The minimum Gasteiger partial charge on any atom is -0.326 e. The van der Waals surface area contributed by atoms with Crippen LogP contribution < -0.4 is 5.73 Å². The fourth-order valence-electron chi connectivity index (χ4n) is 3.15. The lowest BCUT2D eigenvalue weighted by atomic mass is 10.1. The average molecular weight is 377 g/mol. The van der Waals surface area contributed by atoms with Gasteiger partial charge in [0.2, 0.25) is 0 Å². The first-order valence-electron chi connectivity index (χ1n) is 8.60. The molecule has 0 aliphatic heterocycles. The Labute approximate surface area is 158 Å². The van der Waals surface area contributed by atoms with Crippen molar-refractivity contribution >= 4 is 21.1 Å². The number of rotatable bonds is 4. The first-order valence-corrected chi connectivity index (χ1v) is 10.0. The number of benzene rings is 3. The normalized spacial score (nSPS) is 11.8. The van der Waals surface area contributed by atoms with Gasteiger partial charge in [-0.2, -0.15) is 0 Å². The van der Waals surface area contributed by atoms with Gasteiger partial charge in [0.05, 0.1) is 15.9 Å². The van der Waals surface area contributed by atoms with Crippen LogP contribution in [0.15, 0.2) is 77.7 Å². The van der Waals surface area contributed by atoms with Gasteiger partial charge in [-0.15, -0.1) is 0 Å². The molecule has 27 heavy (non-hydrogen) atoms. The summed E-state index contributed by atoms with van der Waals surface area (Å²) in [6, 6.07) is 21.5. The van der Waals surface area contributed by atoms with E-state index in [4.69, 9.17) is 5.73 Å². The number of para-hydroxylation sites is 2. The van der Waals surface area contributed by atoms with Crippen molar-refractivity contribution in [3.8, 4) is 11.4 Å². The largest absolute Gasteiger partial charge is 0.326 e. The first kappa shape index (κ1) is 17.5. The van der Waals surface area contributed by atoms with E-state index in [1.54, 1.807) is 30.3 Å². The molecule has 6 heteroatoms. The highest BCUT2D eigenvalue weighted by Gasteiger charge is 2.25. The number of imidazole rings is 1. The lowest BCUT2D eigenvalue weighted by Crippen LogP contribution is -2.15. The molecule has 0 bridgehead atoms. The van der Waals surface area contributed by atoms with Crippen molar-refractivity contribution in [1.82, 2.24) is 8.96 Å². The van der Waals surface area contributed by atoms with Crippen molar-refractivity contribution in [2.75, 3.05) is 0 Å². The maximum absolute atomic E-state index is 13.5. The van der Waals surface area contributed by atoms with Crippen molar-refractivity contribution in [1.29, 1.82) is 0 Å². The van der Waals surface area contributed by atoms with Crippen LogP contribution in [0.3, 0.4) is 0 Å². The zero-order chi connectivity index (χ0) is 19.0. The van der Waals surface area contributed by atoms with E-state index in [1.807, 2.05) is 49.4 Å². The Morgan fingerprint density at radius 1 is 0.926 bits per heavy atom. The molecule has 0 aliphatic carbocycles. The molecule has 0 spiro atoms. The Bertz CT molecular complexity index is 1230. The van der Waals surface area contributed by atoms with E-state index in [0.29, 0.717) is 29.0 Å². The van der Waals surface area contributed by atoms with Gasteiger partial charge in [-0.05, 0) is 36.8 Å². The van der Waals surface area contributed by atoms with E-state index < -0.39 is 10.0 Å². The van der Waals surface area contributed by atoms with Gasteiger partial charge in [0.1, 0.15) is 0 Å². The quantitative estimate of drug-likeness (QED) is 0.588. The van der Waals surface area contributed by atoms with E-state index in [-0.39, 0.29) is 4.90 Å². The molecule has 0 atom stereocenters. The summed E-state index contributed by atoms with van der Waals surface area (Å²) in [5.41, 5.74) is 9.60. The highest BCUT2D eigenvalue weighted by molar-refractivity contribution is 7.90. The van der Waals surface area contributed by atoms with E-state index in [9.17, 15) is 8.42 Å². The predicted octanol–water partition coefficient (Wildman–Crippen LogP) is 3.71. The van der Waals surface area contributed by atoms with Crippen LogP contribution in [0.25, 0.3) is 22.4 Å². The molecule has 3 aromatic carbocycles. The predicted molar refractivity (Wildman–Crippen MR) is 107 cm³/mol. The van der Waals surface area contributed by atoms with Crippen LogP contribution in [0, 0.1) is 6.92 Å². The molecule has 0 saturated heterocycles. The second kappa shape index (κ2) is 6.64. The zero-order valence-corrected chi connectivity index (χ0v) is 15.6. The lowest BCUT2D eigenvalue weighted by Gasteiger charge is -2.13. The molecule has 0 unspecified atom stereocenters. The molecule has 4 aromatic rings. The minimum atomic E-state index is -3.83. The van der Waals surface area contributed by atoms with Crippen molar-refractivity contribution in [2.24, 2.45) is 5.73 Å². The third-order valence-corrected chi connectivity index (χ3v) is 6.27. The summed E-state index contributed by atoms with van der Waals surface area (Å²) >= 11 is 0. The van der Waals surface area contributed by atoms with Crippen LogP contribution in [0.4, 0.5) is 0 Å². The van der Waals surface area contributed by atoms with Crippen LogP contribution in [0.1, 0.15) is 11.1 Å². The summed E-state index contributed by atoms with van der Waals surface area (Å²) in [5.74, 6) is 0.373. The highest BCUT2D eigenvalue weighted by atomic mass is 32.2. The highest BCUT2D eigenvalue weighted by Crippen LogP contribution is 2.31. The molecule has 5 nitrogen and oxygen atoms in total. The maximum Gasteiger partial charge on any atom is 0.269 e. The molecular weight excluding hydrogens is 358 g/mol. The second-order valence-electron chi connectivity index (χ2n) is 6.37. The van der Waals surface area contributed by atoms with Gasteiger partial charge < -0.3 is 5.73 Å². The van der Waals surface area contributed by atoms with Crippen molar-refractivity contribution in [3.05, 3.63) is 83.9 Å². The molecule has 0 saturated carbocycles. The van der Waals surface area contributed by atoms with Gasteiger partial charge in [0.15, 0.2) is 5.82 Å². The molecule has 0 radical (unpaired) electrons. The Morgan fingerprint density at radius 3 is 2.33 bits per heavy atom. The number of aryl methyl sites for hydroxylation is 1. The summed E-state index contributed by atoms with van der Waals surface area (Å²) in [6.07, 6.45) is 0. The SMILES string of the molecule is Cc1ccc(S(=O)(=O)n2c(-c3ccccc3CN)nc3ccccc32)cc1. The zero-order valence-electron chi connectivity index (χ0n) is 14.8. The van der Waals surface area contributed by atoms with Crippen molar-refractivity contribution in [3.63, 3.8) is 0 Å². The van der Waals surface area contributed by atoms with Gasteiger partial charge in [0.25, 0.3) is 10.0 Å². The monoisotopic (exact) mass is 377 g/mol. The molecule has 2 N–H and O–H groups in total. The Hall–Kier alpha value is -2.96. The van der Waals surface area contributed by atoms with Gasteiger partial charge >= 0.3 is 0 Å². The topological polar surface area (TPSA) is 78.0 Å². The molecule has 0 fully saturated rings. The summed E-state index contributed by atoms with van der Waals surface area (Å²) < 4.78 is 28.3. The van der Waals surface area contributed by atoms with Gasteiger partial charge in [0, 0.05) is 12.1 Å². The molecule has 1 heterocycles. The number of nitrogens with zero attached hydrogens (tertiary/aromatic N) is 2. The van der Waals surface area contributed by atoms with Crippen LogP contribution in [-0.2, 0) is 16.6 Å². The van der Waals surface area contributed by atoms with Crippen LogP contribution in [0.2, 0.25) is 0 Å². The van der Waals surface area contributed by atoms with Crippen molar-refractivity contribution in [2.45, 2.75) is 18.4 Å². The fraction of sp³-hybridized carbons (Fsp3) is 0.0952. The van der Waals surface area contributed by atoms with Crippen LogP contribution >= 0.6 is 0 Å². The lowest BCUT2D eigenvalue weighted by molar-refractivity contribution is 0.589. The second-order valence-corrected chi connectivity index (χ2v) is 8.15. The first-order chi connectivity index (χ1) is 13.0. The third-order valence-electron chi connectivity index (χ3n) is 4.56. The van der Waals surface area contributed by atoms with Gasteiger partial charge in [-0.3, -0.25) is 0 Å². The average Bonchev–Trinajstić information content (AvgIpc) is 3.08. The maximum atomic E-state index is 13.5. The molecular formula is C21H19N3O2S. The number of aromatic nitrogens is 2. The van der Waals surface area contributed by atoms with Crippen LogP contribution in [-0.4, -0.2) is 17.4 Å². The van der Waals surface area contributed by atoms with Gasteiger partial charge in [-0.1, -0.05) is 54.1 Å². The molecule has 1 aromatic heterocycles. The van der Waals surface area contributed by atoms with Crippen molar-refractivity contribution < 1.29 is 8.42 Å². The molecule has 0 aliphatic rings. The van der Waals surface area contributed by atoms with E-state index in [1.165, 1.54) is 3.97 Å². The van der Waals surface area contributed by atoms with Gasteiger partial charge in [-0.25, -0.2) is 17.4 Å². The summed E-state index contributed by atoms with van der Waals surface area (Å²) in [7, 11) is -3.83. The molecule has 0 amide bonds. The smallest absolute Gasteiger partial charge is 0.269 e. The Morgan fingerprint density at radius 2 is 1.59 bits per heavy atom. The Kier molecular flexibility index (Phi) is 4.30.